The fraction of sp³-hybridized carbons (Fsp3) is 0.273. The molecule has 0 bridgehead atoms. The van der Waals surface area contributed by atoms with Gasteiger partial charge in [-0.1, -0.05) is 6.07 Å². The summed E-state index contributed by atoms with van der Waals surface area (Å²) in [5, 5.41) is 18.8. The SMILES string of the molecule is NCCCc1nc(C(=O)O)c2cccc(O)n12. The van der Waals surface area contributed by atoms with Crippen molar-refractivity contribution < 1.29 is 15.0 Å². The molecule has 0 radical (unpaired) electrons. The van der Waals surface area contributed by atoms with E-state index in [1.54, 1.807) is 12.1 Å². The van der Waals surface area contributed by atoms with Crippen molar-refractivity contribution >= 4 is 11.5 Å². The summed E-state index contributed by atoms with van der Waals surface area (Å²) >= 11 is 0. The van der Waals surface area contributed by atoms with Crippen LogP contribution >= 0.6 is 0 Å². The fourth-order valence-electron chi connectivity index (χ4n) is 1.78. The number of aromatic nitrogens is 2. The number of imidazole rings is 1. The third-order valence-corrected chi connectivity index (χ3v) is 2.52. The number of fused-ring (bicyclic) bond motifs is 1. The number of nitrogens with two attached hydrogens (primary N) is 1. The molecule has 6 heteroatoms. The van der Waals surface area contributed by atoms with Gasteiger partial charge in [0.25, 0.3) is 0 Å². The van der Waals surface area contributed by atoms with Gasteiger partial charge in [0, 0.05) is 6.42 Å². The molecule has 0 amide bonds. The zero-order valence-electron chi connectivity index (χ0n) is 9.13. The van der Waals surface area contributed by atoms with E-state index in [0.717, 1.165) is 0 Å². The van der Waals surface area contributed by atoms with Gasteiger partial charge in [0.1, 0.15) is 5.82 Å². The molecule has 0 aliphatic carbocycles. The highest BCUT2D eigenvalue weighted by Crippen LogP contribution is 2.20. The van der Waals surface area contributed by atoms with Gasteiger partial charge in [0.2, 0.25) is 0 Å². The summed E-state index contributed by atoms with van der Waals surface area (Å²) in [5.74, 6) is -0.609. The minimum absolute atomic E-state index is 0.0190. The molecule has 0 aliphatic rings. The molecule has 6 nitrogen and oxygen atoms in total. The Morgan fingerprint density at radius 3 is 2.88 bits per heavy atom. The van der Waals surface area contributed by atoms with Gasteiger partial charge in [-0.05, 0) is 25.1 Å². The summed E-state index contributed by atoms with van der Waals surface area (Å²) in [5.41, 5.74) is 5.75. The lowest BCUT2D eigenvalue weighted by Gasteiger charge is -2.02. The molecular formula is C11H13N3O3. The van der Waals surface area contributed by atoms with Crippen molar-refractivity contribution in [1.82, 2.24) is 9.38 Å². The number of nitrogens with zero attached hydrogens (tertiary/aromatic N) is 2. The van der Waals surface area contributed by atoms with Crippen molar-refractivity contribution in [3.8, 4) is 5.88 Å². The first kappa shape index (κ1) is 11.4. The van der Waals surface area contributed by atoms with Crippen LogP contribution < -0.4 is 5.73 Å². The third-order valence-electron chi connectivity index (χ3n) is 2.52. The summed E-state index contributed by atoms with van der Waals surface area (Å²) < 4.78 is 1.44. The van der Waals surface area contributed by atoms with Crippen LogP contribution in [0.2, 0.25) is 0 Å². The van der Waals surface area contributed by atoms with Gasteiger partial charge in [-0.15, -0.1) is 0 Å². The number of aryl methyl sites for hydroxylation is 1. The molecule has 0 fully saturated rings. The Bertz CT molecular complexity index is 562. The smallest absolute Gasteiger partial charge is 0.356 e. The normalized spacial score (nSPS) is 10.9. The van der Waals surface area contributed by atoms with Crippen molar-refractivity contribution in [1.29, 1.82) is 0 Å². The van der Waals surface area contributed by atoms with E-state index in [1.165, 1.54) is 10.5 Å². The molecule has 0 atom stereocenters. The average molecular weight is 235 g/mol. The van der Waals surface area contributed by atoms with Crippen LogP contribution in [0.4, 0.5) is 0 Å². The first-order valence-electron chi connectivity index (χ1n) is 5.28. The van der Waals surface area contributed by atoms with E-state index < -0.39 is 5.97 Å². The minimum Gasteiger partial charge on any atom is -0.494 e. The number of aromatic carboxylic acids is 1. The van der Waals surface area contributed by atoms with E-state index in [9.17, 15) is 9.90 Å². The highest BCUT2D eigenvalue weighted by Gasteiger charge is 2.17. The molecule has 0 spiro atoms. The number of pyridine rings is 1. The Morgan fingerprint density at radius 2 is 2.24 bits per heavy atom. The summed E-state index contributed by atoms with van der Waals surface area (Å²) in [6.45, 7) is 0.491. The van der Waals surface area contributed by atoms with Crippen molar-refractivity contribution in [2.24, 2.45) is 5.73 Å². The van der Waals surface area contributed by atoms with E-state index in [-0.39, 0.29) is 11.6 Å². The molecule has 0 aromatic carbocycles. The number of carbonyl (C=O) groups is 1. The predicted octanol–water partition coefficient (Wildman–Crippen LogP) is 0.629. The van der Waals surface area contributed by atoms with Crippen LogP contribution in [0.3, 0.4) is 0 Å². The molecule has 0 unspecified atom stereocenters. The van der Waals surface area contributed by atoms with E-state index in [0.29, 0.717) is 30.7 Å². The first-order valence-corrected chi connectivity index (χ1v) is 5.28. The Kier molecular flexibility index (Phi) is 2.97. The largest absolute Gasteiger partial charge is 0.494 e. The topological polar surface area (TPSA) is 101 Å². The van der Waals surface area contributed by atoms with Crippen molar-refractivity contribution in [2.45, 2.75) is 12.8 Å². The summed E-state index contributed by atoms with van der Waals surface area (Å²) in [6, 6.07) is 4.69. The quantitative estimate of drug-likeness (QED) is 0.721. The van der Waals surface area contributed by atoms with Gasteiger partial charge in [0.05, 0.1) is 5.52 Å². The van der Waals surface area contributed by atoms with Gasteiger partial charge >= 0.3 is 5.97 Å². The van der Waals surface area contributed by atoms with Crippen molar-refractivity contribution in [3.05, 3.63) is 29.7 Å². The van der Waals surface area contributed by atoms with Crippen LogP contribution in [0, 0.1) is 0 Å². The van der Waals surface area contributed by atoms with Gasteiger partial charge in [-0.3, -0.25) is 4.40 Å². The van der Waals surface area contributed by atoms with E-state index in [2.05, 4.69) is 4.98 Å². The number of hydrogen-bond donors (Lipinski definition) is 3. The highest BCUT2D eigenvalue weighted by atomic mass is 16.4. The van der Waals surface area contributed by atoms with Gasteiger partial charge < -0.3 is 15.9 Å². The lowest BCUT2D eigenvalue weighted by molar-refractivity contribution is 0.0693. The number of aromatic hydroxyl groups is 1. The molecule has 0 saturated carbocycles. The Balaban J connectivity index is 2.63. The lowest BCUT2D eigenvalue weighted by atomic mass is 10.3. The monoisotopic (exact) mass is 235 g/mol. The van der Waals surface area contributed by atoms with Crippen molar-refractivity contribution in [2.75, 3.05) is 6.54 Å². The maximum absolute atomic E-state index is 11.0. The molecule has 2 rings (SSSR count). The summed E-state index contributed by atoms with van der Waals surface area (Å²) in [7, 11) is 0. The Labute approximate surface area is 97.3 Å². The van der Waals surface area contributed by atoms with E-state index in [1.807, 2.05) is 0 Å². The van der Waals surface area contributed by atoms with Gasteiger partial charge in [-0.2, -0.15) is 0 Å². The van der Waals surface area contributed by atoms with Crippen LogP contribution in [0.15, 0.2) is 18.2 Å². The number of carboxylic acid groups (broad SMARTS) is 1. The number of hydrogen-bond acceptors (Lipinski definition) is 4. The molecule has 0 aliphatic heterocycles. The minimum atomic E-state index is -1.10. The molecule has 90 valence electrons. The maximum Gasteiger partial charge on any atom is 0.356 e. The van der Waals surface area contributed by atoms with Gasteiger partial charge in [-0.25, -0.2) is 9.78 Å². The number of carboxylic acids is 1. The molecule has 0 saturated heterocycles. The fourth-order valence-corrected chi connectivity index (χ4v) is 1.78. The second-order valence-electron chi connectivity index (χ2n) is 3.68. The van der Waals surface area contributed by atoms with Crippen LogP contribution in [-0.2, 0) is 6.42 Å². The van der Waals surface area contributed by atoms with E-state index in [4.69, 9.17) is 10.8 Å². The first-order chi connectivity index (χ1) is 8.15. The standard InChI is InChI=1S/C11H13N3O3/c12-6-2-4-8-13-10(11(16)17)7-3-1-5-9(15)14(7)8/h1,3,5,15H,2,4,6,12H2,(H,16,17). The van der Waals surface area contributed by atoms with Crippen LogP contribution in [0.5, 0.6) is 5.88 Å². The summed E-state index contributed by atoms with van der Waals surface area (Å²) in [4.78, 5) is 15.1. The Morgan fingerprint density at radius 1 is 1.47 bits per heavy atom. The zero-order chi connectivity index (χ0) is 12.4. The molecule has 4 N–H and O–H groups in total. The van der Waals surface area contributed by atoms with E-state index >= 15 is 0 Å². The van der Waals surface area contributed by atoms with Crippen LogP contribution in [0.1, 0.15) is 22.7 Å². The van der Waals surface area contributed by atoms with Gasteiger partial charge in [0.15, 0.2) is 11.6 Å². The summed E-state index contributed by atoms with van der Waals surface area (Å²) in [6.07, 6.45) is 1.22. The highest BCUT2D eigenvalue weighted by molar-refractivity contribution is 5.93. The average Bonchev–Trinajstić information content (AvgIpc) is 2.67. The maximum atomic E-state index is 11.0. The third kappa shape index (κ3) is 1.94. The lowest BCUT2D eigenvalue weighted by Crippen LogP contribution is -2.03. The molecule has 17 heavy (non-hydrogen) atoms. The molecular weight excluding hydrogens is 222 g/mol. The molecule has 2 aromatic rings. The zero-order valence-corrected chi connectivity index (χ0v) is 9.13. The van der Waals surface area contributed by atoms with Crippen LogP contribution in [-0.4, -0.2) is 32.1 Å². The molecule has 2 aromatic heterocycles. The second kappa shape index (κ2) is 4.42. The predicted molar refractivity (Wildman–Crippen MR) is 61.2 cm³/mol. The molecule has 2 heterocycles. The second-order valence-corrected chi connectivity index (χ2v) is 3.68. The van der Waals surface area contributed by atoms with Crippen LogP contribution in [0.25, 0.3) is 5.52 Å². The van der Waals surface area contributed by atoms with Crippen molar-refractivity contribution in [3.63, 3.8) is 0 Å². The number of rotatable bonds is 4. The Hall–Kier alpha value is -2.08.